The third-order valence-electron chi connectivity index (χ3n) is 4.18. The highest BCUT2D eigenvalue weighted by atomic mass is 35.5. The highest BCUT2D eigenvalue weighted by Crippen LogP contribution is 2.25. The monoisotopic (exact) mass is 479 g/mol. The fraction of sp³-hybridized carbons (Fsp3) is 0.0952. The zero-order chi connectivity index (χ0) is 21.7. The third-order valence-corrected chi connectivity index (χ3v) is 6.22. The lowest BCUT2D eigenvalue weighted by Gasteiger charge is -2.14. The highest BCUT2D eigenvalue weighted by molar-refractivity contribution is 7.92. The Hall–Kier alpha value is -2.32. The lowest BCUT2D eigenvalue weighted by molar-refractivity contribution is 0.601. The SMILES string of the molecule is CCc1ccccc1NC(=S)Nc1ccc(S(=O)(=O)Nc2cc(Cl)cc(Cl)c2)cc1. The number of aryl methyl sites for hydroxylation is 1. The summed E-state index contributed by atoms with van der Waals surface area (Å²) in [6.07, 6.45) is 0.878. The Kier molecular flexibility index (Phi) is 7.20. The lowest BCUT2D eigenvalue weighted by atomic mass is 10.1. The van der Waals surface area contributed by atoms with Crippen LogP contribution in [0.25, 0.3) is 0 Å². The van der Waals surface area contributed by atoms with Gasteiger partial charge in [-0.2, -0.15) is 0 Å². The van der Waals surface area contributed by atoms with Crippen LogP contribution in [0.15, 0.2) is 71.6 Å². The molecule has 0 aliphatic carbocycles. The predicted molar refractivity (Wildman–Crippen MR) is 129 cm³/mol. The number of sulfonamides is 1. The molecule has 0 aliphatic rings. The molecule has 3 aromatic rings. The molecular formula is C21H19Cl2N3O2S2. The molecule has 0 unspecified atom stereocenters. The Morgan fingerprint density at radius 1 is 0.900 bits per heavy atom. The highest BCUT2D eigenvalue weighted by Gasteiger charge is 2.15. The van der Waals surface area contributed by atoms with E-state index in [1.54, 1.807) is 12.1 Å². The largest absolute Gasteiger partial charge is 0.332 e. The quantitative estimate of drug-likeness (QED) is 0.369. The molecule has 0 amide bonds. The zero-order valence-corrected chi connectivity index (χ0v) is 19.1. The van der Waals surface area contributed by atoms with Gasteiger partial charge in [0.25, 0.3) is 10.0 Å². The Balaban J connectivity index is 1.68. The van der Waals surface area contributed by atoms with Crippen LogP contribution >= 0.6 is 35.4 Å². The first-order valence-electron chi connectivity index (χ1n) is 9.02. The summed E-state index contributed by atoms with van der Waals surface area (Å²) in [5, 5.41) is 7.31. The predicted octanol–water partition coefficient (Wildman–Crippen LogP) is 6.17. The lowest BCUT2D eigenvalue weighted by Crippen LogP contribution is -2.20. The summed E-state index contributed by atoms with van der Waals surface area (Å²) in [4.78, 5) is 0.0966. The van der Waals surface area contributed by atoms with E-state index < -0.39 is 10.0 Å². The summed E-state index contributed by atoms with van der Waals surface area (Å²) in [6.45, 7) is 2.07. The summed E-state index contributed by atoms with van der Waals surface area (Å²) in [6, 6.07) is 18.6. The summed E-state index contributed by atoms with van der Waals surface area (Å²) in [7, 11) is -3.79. The molecule has 0 saturated heterocycles. The maximum atomic E-state index is 12.6. The minimum absolute atomic E-state index is 0.0966. The van der Waals surface area contributed by atoms with Gasteiger partial charge in [0.15, 0.2) is 5.11 Å². The molecule has 0 spiro atoms. The normalized spacial score (nSPS) is 11.0. The Morgan fingerprint density at radius 3 is 2.17 bits per heavy atom. The molecule has 0 fully saturated rings. The first-order chi connectivity index (χ1) is 14.3. The van der Waals surface area contributed by atoms with Crippen LogP contribution in [0.2, 0.25) is 10.0 Å². The Labute approximate surface area is 191 Å². The Bertz CT molecular complexity index is 1150. The topological polar surface area (TPSA) is 70.2 Å². The van der Waals surface area contributed by atoms with Crippen molar-refractivity contribution in [3.8, 4) is 0 Å². The first-order valence-corrected chi connectivity index (χ1v) is 11.7. The molecule has 0 aliphatic heterocycles. The van der Waals surface area contributed by atoms with E-state index >= 15 is 0 Å². The van der Waals surface area contributed by atoms with Gasteiger partial charge in [0.1, 0.15) is 0 Å². The van der Waals surface area contributed by atoms with Crippen LogP contribution in [0.5, 0.6) is 0 Å². The molecule has 9 heteroatoms. The molecule has 0 atom stereocenters. The van der Waals surface area contributed by atoms with Gasteiger partial charge in [-0.05, 0) is 72.7 Å². The first kappa shape index (κ1) is 22.4. The van der Waals surface area contributed by atoms with Crippen molar-refractivity contribution < 1.29 is 8.42 Å². The maximum Gasteiger partial charge on any atom is 0.261 e. The van der Waals surface area contributed by atoms with Crippen molar-refractivity contribution >= 4 is 67.6 Å². The van der Waals surface area contributed by atoms with E-state index in [-0.39, 0.29) is 10.6 Å². The van der Waals surface area contributed by atoms with Crippen LogP contribution in [-0.2, 0) is 16.4 Å². The number of thiocarbonyl (C=S) groups is 1. The summed E-state index contributed by atoms with van der Waals surface area (Å²) >= 11 is 17.2. The van der Waals surface area contributed by atoms with Crippen molar-refractivity contribution in [2.45, 2.75) is 18.2 Å². The van der Waals surface area contributed by atoms with Gasteiger partial charge >= 0.3 is 0 Å². The second-order valence-corrected chi connectivity index (χ2v) is 9.34. The van der Waals surface area contributed by atoms with Crippen molar-refractivity contribution in [2.24, 2.45) is 0 Å². The number of rotatable bonds is 6. The van der Waals surface area contributed by atoms with Crippen LogP contribution in [0.1, 0.15) is 12.5 Å². The molecule has 0 heterocycles. The summed E-state index contributed by atoms with van der Waals surface area (Å²) in [5.41, 5.74) is 3.03. The number of nitrogens with one attached hydrogen (secondary N) is 3. The van der Waals surface area contributed by atoms with Crippen molar-refractivity contribution in [3.05, 3.63) is 82.3 Å². The molecule has 3 N–H and O–H groups in total. The van der Waals surface area contributed by atoms with Crippen molar-refractivity contribution in [1.29, 1.82) is 0 Å². The molecule has 156 valence electrons. The Morgan fingerprint density at radius 2 is 1.53 bits per heavy atom. The number of halogens is 2. The van der Waals surface area contributed by atoms with Gasteiger partial charge in [0.2, 0.25) is 0 Å². The van der Waals surface area contributed by atoms with E-state index in [1.165, 1.54) is 30.3 Å². The zero-order valence-electron chi connectivity index (χ0n) is 15.9. The number of para-hydroxylation sites is 1. The minimum atomic E-state index is -3.79. The second-order valence-electron chi connectivity index (χ2n) is 6.38. The fourth-order valence-electron chi connectivity index (χ4n) is 2.78. The van der Waals surface area contributed by atoms with Gasteiger partial charge in [-0.1, -0.05) is 48.3 Å². The summed E-state index contributed by atoms with van der Waals surface area (Å²) in [5.74, 6) is 0. The molecule has 0 saturated carbocycles. The van der Waals surface area contributed by atoms with Gasteiger partial charge in [0, 0.05) is 21.4 Å². The van der Waals surface area contributed by atoms with Crippen molar-refractivity contribution in [2.75, 3.05) is 15.4 Å². The van der Waals surface area contributed by atoms with Crippen LogP contribution < -0.4 is 15.4 Å². The second kappa shape index (κ2) is 9.66. The fourth-order valence-corrected chi connectivity index (χ4v) is 4.57. The number of anilines is 3. The van der Waals surface area contributed by atoms with Gasteiger partial charge < -0.3 is 10.6 Å². The van der Waals surface area contributed by atoms with E-state index in [9.17, 15) is 8.42 Å². The molecular weight excluding hydrogens is 461 g/mol. The molecule has 3 rings (SSSR count). The number of hydrogen-bond acceptors (Lipinski definition) is 3. The van der Waals surface area contributed by atoms with Crippen molar-refractivity contribution in [1.82, 2.24) is 0 Å². The molecule has 0 aromatic heterocycles. The standard InChI is InChI=1S/C21H19Cl2N3O2S2/c1-2-14-5-3-4-6-20(14)25-21(29)24-17-7-9-19(10-8-17)30(27,28)26-18-12-15(22)11-16(23)13-18/h3-13,26H,2H2,1H3,(H2,24,25,29). The van der Waals surface area contributed by atoms with E-state index in [0.29, 0.717) is 20.8 Å². The minimum Gasteiger partial charge on any atom is -0.332 e. The third kappa shape index (κ3) is 5.86. The number of hydrogen-bond donors (Lipinski definition) is 3. The van der Waals surface area contributed by atoms with Crippen molar-refractivity contribution in [3.63, 3.8) is 0 Å². The van der Waals surface area contributed by atoms with E-state index in [2.05, 4.69) is 22.3 Å². The average Bonchev–Trinajstić information content (AvgIpc) is 2.67. The number of benzene rings is 3. The molecule has 0 radical (unpaired) electrons. The van der Waals surface area contributed by atoms with Gasteiger partial charge in [-0.15, -0.1) is 0 Å². The summed E-state index contributed by atoms with van der Waals surface area (Å²) < 4.78 is 27.7. The molecule has 30 heavy (non-hydrogen) atoms. The van der Waals surface area contributed by atoms with Crippen LogP contribution in [0, 0.1) is 0 Å². The van der Waals surface area contributed by atoms with E-state index in [1.807, 2.05) is 24.3 Å². The molecule has 5 nitrogen and oxygen atoms in total. The van der Waals surface area contributed by atoms with Crippen LogP contribution in [0.4, 0.5) is 17.1 Å². The van der Waals surface area contributed by atoms with Crippen LogP contribution in [0.3, 0.4) is 0 Å². The van der Waals surface area contributed by atoms with Gasteiger partial charge in [-0.25, -0.2) is 8.42 Å². The van der Waals surface area contributed by atoms with Gasteiger partial charge in [-0.3, -0.25) is 4.72 Å². The van der Waals surface area contributed by atoms with Gasteiger partial charge in [0.05, 0.1) is 10.6 Å². The average molecular weight is 480 g/mol. The molecule has 3 aromatic carbocycles. The molecule has 0 bridgehead atoms. The van der Waals surface area contributed by atoms with Crippen LogP contribution in [-0.4, -0.2) is 13.5 Å². The van der Waals surface area contributed by atoms with E-state index in [4.69, 9.17) is 35.4 Å². The van der Waals surface area contributed by atoms with E-state index in [0.717, 1.165) is 17.7 Å². The maximum absolute atomic E-state index is 12.6. The smallest absolute Gasteiger partial charge is 0.261 e.